The summed E-state index contributed by atoms with van der Waals surface area (Å²) in [6.07, 6.45) is 3.12. The van der Waals surface area contributed by atoms with Gasteiger partial charge < -0.3 is 10.2 Å². The number of hydrogen-bond donors (Lipinski definition) is 2. The average molecular weight is 313 g/mol. The van der Waals surface area contributed by atoms with Crippen molar-refractivity contribution in [2.45, 2.75) is 11.3 Å². The second-order valence-electron chi connectivity index (χ2n) is 5.00. The van der Waals surface area contributed by atoms with Gasteiger partial charge in [0.25, 0.3) is 0 Å². The van der Waals surface area contributed by atoms with Gasteiger partial charge in [-0.3, -0.25) is 4.57 Å². The van der Waals surface area contributed by atoms with Crippen molar-refractivity contribution >= 4 is 28.8 Å². The minimum absolute atomic E-state index is 0.105. The number of aromatic nitrogens is 1. The third-order valence-electron chi connectivity index (χ3n) is 3.65. The van der Waals surface area contributed by atoms with E-state index in [1.165, 1.54) is 4.90 Å². The number of hydrogen-bond acceptors (Lipinski definition) is 3. The highest BCUT2D eigenvalue weighted by Crippen LogP contribution is 2.31. The molecule has 3 aromatic rings. The van der Waals surface area contributed by atoms with Crippen LogP contribution in [0.25, 0.3) is 10.9 Å². The van der Waals surface area contributed by atoms with Crippen LogP contribution in [-0.4, -0.2) is 27.1 Å². The first-order chi connectivity index (χ1) is 10.6. The summed E-state index contributed by atoms with van der Waals surface area (Å²) in [5.74, 6) is 0.105. The Morgan fingerprint density at radius 3 is 2.55 bits per heavy atom. The molecule has 2 N–H and O–H groups in total. The molecule has 0 amide bonds. The van der Waals surface area contributed by atoms with Gasteiger partial charge in [-0.25, -0.2) is 4.79 Å². The summed E-state index contributed by atoms with van der Waals surface area (Å²) in [4.78, 5) is 12.5. The molecule has 0 saturated heterocycles. The van der Waals surface area contributed by atoms with E-state index in [4.69, 9.17) is 0 Å². The highest BCUT2D eigenvalue weighted by atomic mass is 32.2. The molecule has 5 heteroatoms. The smallest absolute Gasteiger partial charge is 0.416 e. The molecule has 0 saturated carbocycles. The van der Waals surface area contributed by atoms with Crippen molar-refractivity contribution < 1.29 is 15.0 Å². The Bertz CT molecular complexity index is 837. The Balaban J connectivity index is 2.08. The lowest BCUT2D eigenvalue weighted by atomic mass is 10.0. The van der Waals surface area contributed by atoms with Crippen molar-refractivity contribution in [3.8, 4) is 5.75 Å². The fourth-order valence-electron chi connectivity index (χ4n) is 2.60. The fraction of sp³-hybridized carbons (Fsp3) is 0.118. The van der Waals surface area contributed by atoms with Crippen LogP contribution in [-0.2, 0) is 6.42 Å². The standard InChI is InChI=1S/C17H15NO3S/c1-22-13-7-5-11(6-8-13)9-12-10-18(17(20)21)14-3-2-4-15(19)16(12)14/h2-8,10,19H,9H2,1H3,(H,20,21). The van der Waals surface area contributed by atoms with Crippen LogP contribution in [0.5, 0.6) is 5.75 Å². The molecule has 0 aliphatic rings. The Morgan fingerprint density at radius 1 is 1.18 bits per heavy atom. The van der Waals surface area contributed by atoms with E-state index in [0.29, 0.717) is 17.3 Å². The SMILES string of the molecule is CSc1ccc(Cc2cn(C(=O)O)c3cccc(O)c23)cc1. The van der Waals surface area contributed by atoms with Crippen molar-refractivity contribution in [3.05, 3.63) is 59.8 Å². The van der Waals surface area contributed by atoms with Gasteiger partial charge in [0.15, 0.2) is 0 Å². The van der Waals surface area contributed by atoms with Crippen LogP contribution >= 0.6 is 11.8 Å². The Labute approximate surface area is 132 Å². The van der Waals surface area contributed by atoms with E-state index in [-0.39, 0.29) is 5.75 Å². The minimum Gasteiger partial charge on any atom is -0.507 e. The van der Waals surface area contributed by atoms with Crippen LogP contribution < -0.4 is 0 Å². The number of carbonyl (C=O) groups is 1. The summed E-state index contributed by atoms with van der Waals surface area (Å²) in [6, 6.07) is 13.0. The Morgan fingerprint density at radius 2 is 1.91 bits per heavy atom. The van der Waals surface area contributed by atoms with Gasteiger partial charge in [0.2, 0.25) is 0 Å². The van der Waals surface area contributed by atoms with Crippen LogP contribution in [0.3, 0.4) is 0 Å². The molecule has 0 spiro atoms. The Kier molecular flexibility index (Phi) is 3.81. The number of phenolic OH excluding ortho intramolecular Hbond substituents is 1. The van der Waals surface area contributed by atoms with E-state index >= 15 is 0 Å². The predicted molar refractivity (Wildman–Crippen MR) is 88.1 cm³/mol. The molecule has 0 atom stereocenters. The van der Waals surface area contributed by atoms with Crippen molar-refractivity contribution in [1.82, 2.24) is 4.57 Å². The molecule has 0 aliphatic heterocycles. The zero-order valence-corrected chi connectivity index (χ0v) is 12.8. The topological polar surface area (TPSA) is 62.5 Å². The number of thioether (sulfide) groups is 1. The summed E-state index contributed by atoms with van der Waals surface area (Å²) < 4.78 is 1.15. The van der Waals surface area contributed by atoms with Crippen LogP contribution in [0.4, 0.5) is 4.79 Å². The summed E-state index contributed by atoms with van der Waals surface area (Å²) in [7, 11) is 0. The molecule has 0 fully saturated rings. The first-order valence-electron chi connectivity index (χ1n) is 6.78. The molecule has 3 rings (SSSR count). The molecule has 4 nitrogen and oxygen atoms in total. The fourth-order valence-corrected chi connectivity index (χ4v) is 3.01. The maximum atomic E-state index is 11.4. The number of fused-ring (bicyclic) bond motifs is 1. The molecule has 112 valence electrons. The van der Waals surface area contributed by atoms with E-state index in [0.717, 1.165) is 15.7 Å². The van der Waals surface area contributed by atoms with Crippen molar-refractivity contribution in [2.75, 3.05) is 6.26 Å². The van der Waals surface area contributed by atoms with E-state index < -0.39 is 6.09 Å². The number of aromatic hydroxyl groups is 1. The second kappa shape index (κ2) is 5.77. The highest BCUT2D eigenvalue weighted by Gasteiger charge is 2.15. The van der Waals surface area contributed by atoms with Crippen LogP contribution in [0.15, 0.2) is 53.6 Å². The molecule has 0 radical (unpaired) electrons. The van der Waals surface area contributed by atoms with Crippen LogP contribution in [0.1, 0.15) is 11.1 Å². The highest BCUT2D eigenvalue weighted by molar-refractivity contribution is 7.98. The van der Waals surface area contributed by atoms with E-state index in [2.05, 4.69) is 0 Å². The second-order valence-corrected chi connectivity index (χ2v) is 5.88. The Hall–Kier alpha value is -2.40. The number of carboxylic acid groups (broad SMARTS) is 1. The number of nitrogens with zero attached hydrogens (tertiary/aromatic N) is 1. The lowest BCUT2D eigenvalue weighted by Gasteiger charge is -2.03. The number of phenols is 1. The minimum atomic E-state index is -1.06. The largest absolute Gasteiger partial charge is 0.507 e. The molecule has 1 heterocycles. The lowest BCUT2D eigenvalue weighted by Crippen LogP contribution is -2.05. The van der Waals surface area contributed by atoms with Crippen LogP contribution in [0.2, 0.25) is 0 Å². The monoisotopic (exact) mass is 313 g/mol. The normalized spacial score (nSPS) is 11.0. The molecule has 0 bridgehead atoms. The molecule has 2 aromatic carbocycles. The summed E-state index contributed by atoms with van der Waals surface area (Å²) in [5, 5.41) is 20.0. The van der Waals surface area contributed by atoms with E-state index in [9.17, 15) is 15.0 Å². The summed E-state index contributed by atoms with van der Waals surface area (Å²) in [5.41, 5.74) is 2.38. The summed E-state index contributed by atoms with van der Waals surface area (Å²) in [6.45, 7) is 0. The number of benzene rings is 2. The summed E-state index contributed by atoms with van der Waals surface area (Å²) >= 11 is 1.68. The van der Waals surface area contributed by atoms with Gasteiger partial charge >= 0.3 is 6.09 Å². The van der Waals surface area contributed by atoms with E-state index in [1.807, 2.05) is 30.5 Å². The van der Waals surface area contributed by atoms with Gasteiger partial charge in [-0.05, 0) is 48.1 Å². The third-order valence-corrected chi connectivity index (χ3v) is 4.39. The van der Waals surface area contributed by atoms with Gasteiger partial charge in [-0.2, -0.15) is 0 Å². The average Bonchev–Trinajstić information content (AvgIpc) is 2.88. The zero-order valence-electron chi connectivity index (χ0n) is 12.0. The maximum Gasteiger partial charge on any atom is 0.416 e. The van der Waals surface area contributed by atoms with E-state index in [1.54, 1.807) is 36.2 Å². The van der Waals surface area contributed by atoms with Crippen LogP contribution in [0, 0.1) is 0 Å². The van der Waals surface area contributed by atoms with Gasteiger partial charge in [-0.1, -0.05) is 18.2 Å². The number of rotatable bonds is 3. The van der Waals surface area contributed by atoms with Crippen molar-refractivity contribution in [2.24, 2.45) is 0 Å². The molecular formula is C17H15NO3S. The molecule has 0 unspecified atom stereocenters. The van der Waals surface area contributed by atoms with Gasteiger partial charge in [0, 0.05) is 16.5 Å². The van der Waals surface area contributed by atoms with Gasteiger partial charge in [0.05, 0.1) is 5.52 Å². The molecule has 1 aromatic heterocycles. The quantitative estimate of drug-likeness (QED) is 0.712. The van der Waals surface area contributed by atoms with Crippen molar-refractivity contribution in [3.63, 3.8) is 0 Å². The van der Waals surface area contributed by atoms with Gasteiger partial charge in [-0.15, -0.1) is 11.8 Å². The predicted octanol–water partition coefficient (Wildman–Crippen LogP) is 4.19. The lowest BCUT2D eigenvalue weighted by molar-refractivity contribution is 0.197. The molecular weight excluding hydrogens is 298 g/mol. The van der Waals surface area contributed by atoms with Crippen molar-refractivity contribution in [1.29, 1.82) is 0 Å². The molecule has 22 heavy (non-hydrogen) atoms. The zero-order chi connectivity index (χ0) is 15.7. The first kappa shape index (κ1) is 14.5. The third kappa shape index (κ3) is 2.55. The molecule has 0 aliphatic carbocycles. The first-order valence-corrected chi connectivity index (χ1v) is 8.01. The maximum absolute atomic E-state index is 11.4. The van der Waals surface area contributed by atoms with Gasteiger partial charge in [0.1, 0.15) is 5.75 Å².